The molecule has 2 aliphatic rings. The van der Waals surface area contributed by atoms with Crippen molar-refractivity contribution in [1.29, 1.82) is 5.41 Å². The average molecular weight is 360 g/mol. The first kappa shape index (κ1) is 20.1. The third kappa shape index (κ3) is 4.89. The summed E-state index contributed by atoms with van der Waals surface area (Å²) in [5.41, 5.74) is 8.10. The number of benzene rings is 1. The first-order valence-electron chi connectivity index (χ1n) is 8.94. The number of piperidine rings is 1. The molecule has 4 N–H and O–H groups in total. The van der Waals surface area contributed by atoms with E-state index in [1.807, 2.05) is 31.1 Å². The summed E-state index contributed by atoms with van der Waals surface area (Å²) >= 11 is 0. The number of nitrogens with two attached hydrogens (primary N) is 1. The van der Waals surface area contributed by atoms with Crippen LogP contribution in [0.4, 0.5) is 0 Å². The molecule has 0 aromatic heterocycles. The van der Waals surface area contributed by atoms with Gasteiger partial charge in [0.25, 0.3) is 0 Å². The molecule has 3 rings (SSSR count). The summed E-state index contributed by atoms with van der Waals surface area (Å²) in [7, 11) is 0. The van der Waals surface area contributed by atoms with E-state index in [9.17, 15) is 0 Å². The number of carbonyl (C=O) groups excluding carboxylic acids is 1. The van der Waals surface area contributed by atoms with Crippen molar-refractivity contribution in [3.63, 3.8) is 0 Å². The molecule has 1 spiro atoms. The highest BCUT2D eigenvalue weighted by atomic mass is 16.7. The zero-order valence-corrected chi connectivity index (χ0v) is 15.1. The van der Waals surface area contributed by atoms with Crippen LogP contribution in [0.2, 0.25) is 0 Å². The van der Waals surface area contributed by atoms with Gasteiger partial charge in [0.05, 0.1) is 5.71 Å². The molecule has 0 saturated carbocycles. The number of carbonyl (C=O) groups is 1. The lowest BCUT2D eigenvalue weighted by Gasteiger charge is -2.37. The third-order valence-electron chi connectivity index (χ3n) is 5.02. The van der Waals surface area contributed by atoms with Gasteiger partial charge in [-0.1, -0.05) is 29.4 Å². The Hall–Kier alpha value is -2.25. The van der Waals surface area contributed by atoms with Crippen LogP contribution in [-0.4, -0.2) is 60.2 Å². The Morgan fingerprint density at radius 1 is 1.27 bits per heavy atom. The van der Waals surface area contributed by atoms with Crippen molar-refractivity contribution in [2.45, 2.75) is 37.7 Å². The van der Waals surface area contributed by atoms with Crippen LogP contribution in [0.3, 0.4) is 0 Å². The van der Waals surface area contributed by atoms with Gasteiger partial charge in [-0.25, -0.2) is 0 Å². The van der Waals surface area contributed by atoms with Crippen LogP contribution in [0.25, 0.3) is 0 Å². The molecule has 26 heavy (non-hydrogen) atoms. The topological polar surface area (TPSA) is 112 Å². The van der Waals surface area contributed by atoms with Crippen LogP contribution in [0.1, 0.15) is 43.2 Å². The van der Waals surface area contributed by atoms with E-state index < -0.39 is 0 Å². The Morgan fingerprint density at radius 2 is 1.92 bits per heavy atom. The molecular formula is C19H28N4O3. The van der Waals surface area contributed by atoms with E-state index in [-0.39, 0.29) is 18.0 Å². The standard InChI is InChI=1S/C18H26N4O2.CH2O/c19-17(20)15-5-3-14(4-6-15)16-13-18(24-21-16)7-10-22(11-8-18)9-1-2-12-23;1-2/h3-6,23H,1-2,7-13H2,(H3,19,20);1H2. The molecule has 1 fully saturated rings. The molecule has 0 aliphatic carbocycles. The van der Waals surface area contributed by atoms with Crippen molar-refractivity contribution in [2.75, 3.05) is 26.2 Å². The average Bonchev–Trinajstić information content (AvgIpc) is 3.09. The van der Waals surface area contributed by atoms with Crippen molar-refractivity contribution in [1.82, 2.24) is 4.90 Å². The molecule has 0 bridgehead atoms. The number of hydrogen-bond donors (Lipinski definition) is 3. The fraction of sp³-hybridized carbons (Fsp3) is 0.526. The maximum atomic E-state index is 8.88. The lowest BCUT2D eigenvalue weighted by molar-refractivity contribution is -0.0980. The van der Waals surface area contributed by atoms with Crippen molar-refractivity contribution >= 4 is 18.3 Å². The van der Waals surface area contributed by atoms with E-state index in [1.165, 1.54) is 0 Å². The van der Waals surface area contributed by atoms with E-state index >= 15 is 0 Å². The van der Waals surface area contributed by atoms with Crippen molar-refractivity contribution in [3.05, 3.63) is 35.4 Å². The molecule has 7 heteroatoms. The number of unbranched alkanes of at least 4 members (excludes halogenated alkanes) is 1. The maximum absolute atomic E-state index is 8.88. The van der Waals surface area contributed by atoms with Crippen LogP contribution in [0.5, 0.6) is 0 Å². The number of nitrogen functional groups attached to an aromatic ring is 1. The minimum atomic E-state index is -0.151. The first-order chi connectivity index (χ1) is 12.6. The van der Waals surface area contributed by atoms with Gasteiger partial charge in [0, 0.05) is 44.5 Å². The molecule has 0 amide bonds. The quantitative estimate of drug-likeness (QED) is 0.404. The van der Waals surface area contributed by atoms with Crippen molar-refractivity contribution in [3.8, 4) is 0 Å². The van der Waals surface area contributed by atoms with Gasteiger partial charge in [-0.2, -0.15) is 0 Å². The number of aliphatic hydroxyl groups is 1. The summed E-state index contributed by atoms with van der Waals surface area (Å²) in [5, 5.41) is 20.7. The highest BCUT2D eigenvalue weighted by Gasteiger charge is 2.42. The van der Waals surface area contributed by atoms with Crippen LogP contribution in [0.15, 0.2) is 29.4 Å². The number of hydrogen-bond acceptors (Lipinski definition) is 6. The maximum Gasteiger partial charge on any atom is 0.145 e. The molecular weight excluding hydrogens is 332 g/mol. The van der Waals surface area contributed by atoms with Crippen molar-refractivity contribution in [2.24, 2.45) is 10.9 Å². The van der Waals surface area contributed by atoms with Crippen molar-refractivity contribution < 1.29 is 14.7 Å². The summed E-state index contributed by atoms with van der Waals surface area (Å²) < 4.78 is 0. The fourth-order valence-electron chi connectivity index (χ4n) is 3.42. The zero-order valence-electron chi connectivity index (χ0n) is 15.1. The minimum absolute atomic E-state index is 0.0798. The number of nitrogens with one attached hydrogen (secondary N) is 1. The van der Waals surface area contributed by atoms with Crippen LogP contribution in [-0.2, 0) is 9.63 Å². The van der Waals surface area contributed by atoms with E-state index in [0.29, 0.717) is 0 Å². The molecule has 1 aromatic carbocycles. The Kier molecular flexibility index (Phi) is 7.29. The molecule has 1 saturated heterocycles. The minimum Gasteiger partial charge on any atom is -0.396 e. The van der Waals surface area contributed by atoms with Gasteiger partial charge in [0.15, 0.2) is 0 Å². The zero-order chi connectivity index (χ0) is 19.0. The predicted octanol–water partition coefficient (Wildman–Crippen LogP) is 1.52. The Bertz CT molecular complexity index is 622. The number of aliphatic hydroxyl groups excluding tert-OH is 1. The molecule has 142 valence electrons. The highest BCUT2D eigenvalue weighted by Crippen LogP contribution is 2.36. The van der Waals surface area contributed by atoms with Gasteiger partial charge >= 0.3 is 0 Å². The second kappa shape index (κ2) is 9.45. The van der Waals surface area contributed by atoms with Crippen LogP contribution < -0.4 is 5.73 Å². The molecule has 0 atom stereocenters. The lowest BCUT2D eigenvalue weighted by Crippen LogP contribution is -2.44. The monoisotopic (exact) mass is 360 g/mol. The SMILES string of the molecule is C=O.N=C(N)c1ccc(C2=NOC3(CCN(CCCCO)CC3)C2)cc1. The summed E-state index contributed by atoms with van der Waals surface area (Å²) in [6.07, 6.45) is 4.75. The van der Waals surface area contributed by atoms with E-state index in [0.717, 1.165) is 68.6 Å². The Balaban J connectivity index is 0.00000117. The summed E-state index contributed by atoms with van der Waals surface area (Å²) in [4.78, 5) is 16.3. The van der Waals surface area contributed by atoms with Gasteiger partial charge in [0.1, 0.15) is 18.2 Å². The third-order valence-corrected chi connectivity index (χ3v) is 5.02. The Labute approximate surface area is 154 Å². The number of rotatable bonds is 6. The number of oxime groups is 1. The molecule has 2 aliphatic heterocycles. The number of nitrogens with zero attached hydrogens (tertiary/aromatic N) is 2. The fourth-order valence-corrected chi connectivity index (χ4v) is 3.42. The lowest BCUT2D eigenvalue weighted by atomic mass is 9.85. The normalized spacial score (nSPS) is 18.6. The van der Waals surface area contributed by atoms with E-state index in [2.05, 4.69) is 10.1 Å². The second-order valence-electron chi connectivity index (χ2n) is 6.75. The van der Waals surface area contributed by atoms with Gasteiger partial charge in [-0.15, -0.1) is 0 Å². The summed E-state index contributed by atoms with van der Waals surface area (Å²) in [6.45, 7) is 5.38. The largest absolute Gasteiger partial charge is 0.396 e. The molecule has 0 unspecified atom stereocenters. The predicted molar refractivity (Wildman–Crippen MR) is 102 cm³/mol. The van der Waals surface area contributed by atoms with Gasteiger partial charge in [-0.05, 0) is 24.9 Å². The molecule has 1 aromatic rings. The first-order valence-corrected chi connectivity index (χ1v) is 8.94. The smallest absolute Gasteiger partial charge is 0.145 e. The molecule has 0 radical (unpaired) electrons. The van der Waals surface area contributed by atoms with Gasteiger partial charge in [0.2, 0.25) is 0 Å². The van der Waals surface area contributed by atoms with Gasteiger partial charge in [-0.3, -0.25) is 5.41 Å². The molecule has 2 heterocycles. The van der Waals surface area contributed by atoms with Gasteiger partial charge < -0.3 is 25.4 Å². The van der Waals surface area contributed by atoms with Crippen LogP contribution in [0, 0.1) is 5.41 Å². The van der Waals surface area contributed by atoms with E-state index in [4.69, 9.17) is 25.9 Å². The Morgan fingerprint density at radius 3 is 2.50 bits per heavy atom. The van der Waals surface area contributed by atoms with Crippen LogP contribution >= 0.6 is 0 Å². The number of likely N-dealkylation sites (tertiary alicyclic amines) is 1. The summed E-state index contributed by atoms with van der Waals surface area (Å²) in [6, 6.07) is 7.63. The summed E-state index contributed by atoms with van der Waals surface area (Å²) in [5.74, 6) is 0.0798. The van der Waals surface area contributed by atoms with E-state index in [1.54, 1.807) is 0 Å². The molecule has 7 nitrogen and oxygen atoms in total. The number of amidine groups is 1. The second-order valence-corrected chi connectivity index (χ2v) is 6.75. The highest BCUT2D eigenvalue weighted by molar-refractivity contribution is 6.03.